The van der Waals surface area contributed by atoms with Crippen molar-refractivity contribution in [2.24, 2.45) is 0 Å². The van der Waals surface area contributed by atoms with E-state index >= 15 is 0 Å². The summed E-state index contributed by atoms with van der Waals surface area (Å²) in [5.41, 5.74) is 1.80. The van der Waals surface area contributed by atoms with E-state index in [0.29, 0.717) is 36.9 Å². The van der Waals surface area contributed by atoms with Crippen LogP contribution in [-0.4, -0.2) is 35.0 Å². The van der Waals surface area contributed by atoms with Gasteiger partial charge in [0.25, 0.3) is 5.91 Å². The number of carbonyl (C=O) groups is 1. The third-order valence-corrected chi connectivity index (χ3v) is 4.76. The van der Waals surface area contributed by atoms with Crippen molar-refractivity contribution in [3.05, 3.63) is 39.7 Å². The third-order valence-electron chi connectivity index (χ3n) is 4.03. The number of nitrogens with zero attached hydrogens (tertiary/aromatic N) is 2. The van der Waals surface area contributed by atoms with Gasteiger partial charge in [-0.25, -0.2) is 4.98 Å². The number of thiophene rings is 1. The Kier molecular flexibility index (Phi) is 5.13. The predicted octanol–water partition coefficient (Wildman–Crippen LogP) is 3.43. The Balaban J connectivity index is 1.80. The molecular formula is C17H22N2O3S. The minimum Gasteiger partial charge on any atom is -0.435 e. The SMILES string of the molecule is CCc1nc(C)c(C(=O)N(Cc2ccsc2)C[C@H]2CCCO2)o1. The fraction of sp³-hybridized carbons (Fsp3) is 0.529. The summed E-state index contributed by atoms with van der Waals surface area (Å²) in [5.74, 6) is 0.866. The molecule has 6 heteroatoms. The van der Waals surface area contributed by atoms with Crippen molar-refractivity contribution in [2.75, 3.05) is 13.2 Å². The van der Waals surface area contributed by atoms with Crippen molar-refractivity contribution in [1.82, 2.24) is 9.88 Å². The molecule has 1 amide bonds. The number of aryl methyl sites for hydroxylation is 2. The van der Waals surface area contributed by atoms with Gasteiger partial charge in [0, 0.05) is 26.1 Å². The second-order valence-corrected chi connectivity index (χ2v) is 6.61. The van der Waals surface area contributed by atoms with E-state index in [1.807, 2.05) is 30.2 Å². The molecule has 3 rings (SSSR count). The monoisotopic (exact) mass is 334 g/mol. The van der Waals surface area contributed by atoms with Gasteiger partial charge in [-0.15, -0.1) is 0 Å². The molecule has 2 aromatic rings. The summed E-state index contributed by atoms with van der Waals surface area (Å²) in [6, 6.07) is 2.05. The maximum atomic E-state index is 12.9. The maximum absolute atomic E-state index is 12.9. The zero-order valence-corrected chi connectivity index (χ0v) is 14.4. The van der Waals surface area contributed by atoms with Gasteiger partial charge in [-0.05, 0) is 42.2 Å². The van der Waals surface area contributed by atoms with Crippen LogP contribution in [0.2, 0.25) is 0 Å². The Morgan fingerprint density at radius 2 is 2.39 bits per heavy atom. The molecule has 0 N–H and O–H groups in total. The van der Waals surface area contributed by atoms with Crippen LogP contribution in [0.1, 0.15) is 47.5 Å². The third kappa shape index (κ3) is 3.82. The summed E-state index contributed by atoms with van der Waals surface area (Å²) >= 11 is 1.64. The first-order valence-electron chi connectivity index (χ1n) is 8.05. The number of amides is 1. The van der Waals surface area contributed by atoms with E-state index in [2.05, 4.69) is 10.4 Å². The largest absolute Gasteiger partial charge is 0.435 e. The lowest BCUT2D eigenvalue weighted by Crippen LogP contribution is -2.37. The number of hydrogen-bond acceptors (Lipinski definition) is 5. The summed E-state index contributed by atoms with van der Waals surface area (Å²) in [6.45, 7) is 5.74. The van der Waals surface area contributed by atoms with Gasteiger partial charge >= 0.3 is 0 Å². The average molecular weight is 334 g/mol. The number of carbonyl (C=O) groups excluding carboxylic acids is 1. The van der Waals surface area contributed by atoms with Crippen molar-refractivity contribution >= 4 is 17.2 Å². The van der Waals surface area contributed by atoms with E-state index in [9.17, 15) is 4.79 Å². The molecule has 3 heterocycles. The van der Waals surface area contributed by atoms with Crippen molar-refractivity contribution in [3.63, 3.8) is 0 Å². The molecule has 5 nitrogen and oxygen atoms in total. The normalized spacial score (nSPS) is 17.6. The van der Waals surface area contributed by atoms with Crippen molar-refractivity contribution in [2.45, 2.75) is 45.8 Å². The summed E-state index contributed by atoms with van der Waals surface area (Å²) in [6.07, 6.45) is 2.87. The van der Waals surface area contributed by atoms with Crippen LogP contribution in [0.25, 0.3) is 0 Å². The molecule has 0 unspecified atom stereocenters. The molecule has 1 atom stereocenters. The van der Waals surface area contributed by atoms with Crippen LogP contribution in [0.5, 0.6) is 0 Å². The summed E-state index contributed by atoms with van der Waals surface area (Å²) in [4.78, 5) is 19.1. The number of ether oxygens (including phenoxy) is 1. The highest BCUT2D eigenvalue weighted by atomic mass is 32.1. The molecule has 0 aromatic carbocycles. The second kappa shape index (κ2) is 7.27. The first-order valence-corrected chi connectivity index (χ1v) is 9.00. The molecule has 23 heavy (non-hydrogen) atoms. The van der Waals surface area contributed by atoms with Crippen LogP contribution in [-0.2, 0) is 17.7 Å². The Labute approximate surface area is 140 Å². The summed E-state index contributed by atoms with van der Waals surface area (Å²) in [5, 5.41) is 4.10. The molecule has 124 valence electrons. The lowest BCUT2D eigenvalue weighted by molar-refractivity contribution is 0.0482. The quantitative estimate of drug-likeness (QED) is 0.812. The zero-order chi connectivity index (χ0) is 16.2. The van der Waals surface area contributed by atoms with E-state index in [-0.39, 0.29) is 12.0 Å². The van der Waals surface area contributed by atoms with Gasteiger partial charge in [-0.1, -0.05) is 6.92 Å². The fourth-order valence-electron chi connectivity index (χ4n) is 2.80. The van der Waals surface area contributed by atoms with Crippen molar-refractivity contribution in [3.8, 4) is 0 Å². The molecule has 1 aliphatic heterocycles. The highest BCUT2D eigenvalue weighted by Gasteiger charge is 2.27. The topological polar surface area (TPSA) is 55.6 Å². The second-order valence-electron chi connectivity index (χ2n) is 5.83. The minimum absolute atomic E-state index is 0.101. The first kappa shape index (κ1) is 16.2. The molecule has 0 radical (unpaired) electrons. The molecule has 0 bridgehead atoms. The van der Waals surface area contributed by atoms with Crippen molar-refractivity contribution in [1.29, 1.82) is 0 Å². The molecular weight excluding hydrogens is 312 g/mol. The molecule has 1 aliphatic rings. The van der Waals surface area contributed by atoms with Crippen LogP contribution in [0.4, 0.5) is 0 Å². The van der Waals surface area contributed by atoms with Gasteiger partial charge < -0.3 is 14.1 Å². The Hall–Kier alpha value is -1.66. The first-order chi connectivity index (χ1) is 11.2. The van der Waals surface area contributed by atoms with E-state index in [1.165, 1.54) is 0 Å². The minimum atomic E-state index is -0.101. The van der Waals surface area contributed by atoms with E-state index in [4.69, 9.17) is 9.15 Å². The Morgan fingerprint density at radius 3 is 3.00 bits per heavy atom. The summed E-state index contributed by atoms with van der Waals surface area (Å²) in [7, 11) is 0. The average Bonchev–Trinajstić information content (AvgIpc) is 3.27. The van der Waals surface area contributed by atoms with Gasteiger partial charge in [0.2, 0.25) is 5.76 Å². The van der Waals surface area contributed by atoms with Gasteiger partial charge in [0.15, 0.2) is 5.89 Å². The van der Waals surface area contributed by atoms with Crippen LogP contribution in [0, 0.1) is 6.92 Å². The van der Waals surface area contributed by atoms with Crippen molar-refractivity contribution < 1.29 is 13.9 Å². The number of rotatable bonds is 6. The zero-order valence-electron chi connectivity index (χ0n) is 13.6. The lowest BCUT2D eigenvalue weighted by atomic mass is 10.2. The number of oxazole rings is 1. The number of aromatic nitrogens is 1. The van der Waals surface area contributed by atoms with Crippen LogP contribution >= 0.6 is 11.3 Å². The van der Waals surface area contributed by atoms with Gasteiger partial charge in [-0.2, -0.15) is 11.3 Å². The standard InChI is InChI=1S/C17H22N2O3S/c1-3-15-18-12(2)16(22-15)17(20)19(9-13-6-8-23-11-13)10-14-5-4-7-21-14/h6,8,11,14H,3-5,7,9-10H2,1-2H3/t14-/m1/s1. The lowest BCUT2D eigenvalue weighted by Gasteiger charge is -2.24. The van der Waals surface area contributed by atoms with Gasteiger partial charge in [0.1, 0.15) is 0 Å². The molecule has 0 aliphatic carbocycles. The fourth-order valence-corrected chi connectivity index (χ4v) is 3.46. The molecule has 0 saturated carbocycles. The molecule has 1 fully saturated rings. The van der Waals surface area contributed by atoms with Crippen LogP contribution in [0.3, 0.4) is 0 Å². The van der Waals surface area contributed by atoms with E-state index in [0.717, 1.165) is 25.0 Å². The number of hydrogen-bond donors (Lipinski definition) is 0. The van der Waals surface area contributed by atoms with Crippen LogP contribution < -0.4 is 0 Å². The smallest absolute Gasteiger partial charge is 0.291 e. The Morgan fingerprint density at radius 1 is 1.52 bits per heavy atom. The van der Waals surface area contributed by atoms with E-state index < -0.39 is 0 Å². The molecule has 0 spiro atoms. The molecule has 1 saturated heterocycles. The molecule has 2 aromatic heterocycles. The Bertz CT molecular complexity index is 645. The van der Waals surface area contributed by atoms with E-state index in [1.54, 1.807) is 11.3 Å². The highest BCUT2D eigenvalue weighted by molar-refractivity contribution is 7.07. The maximum Gasteiger partial charge on any atom is 0.291 e. The predicted molar refractivity (Wildman–Crippen MR) is 88.7 cm³/mol. The highest BCUT2D eigenvalue weighted by Crippen LogP contribution is 2.20. The van der Waals surface area contributed by atoms with Crippen LogP contribution in [0.15, 0.2) is 21.2 Å². The van der Waals surface area contributed by atoms with Gasteiger partial charge in [-0.3, -0.25) is 4.79 Å². The summed E-state index contributed by atoms with van der Waals surface area (Å²) < 4.78 is 11.4. The van der Waals surface area contributed by atoms with Gasteiger partial charge in [0.05, 0.1) is 11.8 Å².